The molecule has 27 heavy (non-hydrogen) atoms. The molecule has 1 aromatic rings. The van der Waals surface area contributed by atoms with E-state index in [2.05, 4.69) is 22.2 Å². The number of piperidine rings is 1. The highest BCUT2D eigenvalue weighted by atomic mass is 32.2. The Kier molecular flexibility index (Phi) is 6.88. The van der Waals surface area contributed by atoms with Crippen molar-refractivity contribution in [1.82, 2.24) is 10.0 Å². The van der Waals surface area contributed by atoms with Gasteiger partial charge in [0.25, 0.3) is 0 Å². The van der Waals surface area contributed by atoms with Gasteiger partial charge in [0.1, 0.15) is 0 Å². The number of nitriles is 1. The Bertz CT molecular complexity index is 767. The zero-order valence-corrected chi connectivity index (χ0v) is 16.7. The molecule has 1 saturated carbocycles. The first-order valence-electron chi connectivity index (χ1n) is 9.77. The van der Waals surface area contributed by atoms with Crippen LogP contribution in [-0.4, -0.2) is 46.0 Å². The Balaban J connectivity index is 1.50. The SMILES string of the molecule is CS(=O)(=O)N[C@H]1CCCN[C@H]1COC1CCC(c2ccccc2C#N)CC1. The summed E-state index contributed by atoms with van der Waals surface area (Å²) >= 11 is 0. The molecular formula is C20H29N3O3S. The van der Waals surface area contributed by atoms with E-state index in [9.17, 15) is 13.7 Å². The lowest BCUT2D eigenvalue weighted by atomic mass is 9.81. The molecule has 1 aliphatic carbocycles. The van der Waals surface area contributed by atoms with E-state index >= 15 is 0 Å². The molecule has 1 heterocycles. The summed E-state index contributed by atoms with van der Waals surface area (Å²) in [5, 5.41) is 12.7. The Morgan fingerprint density at radius 2 is 1.96 bits per heavy atom. The van der Waals surface area contributed by atoms with Crippen molar-refractivity contribution in [2.24, 2.45) is 0 Å². The molecule has 1 aliphatic heterocycles. The van der Waals surface area contributed by atoms with E-state index in [1.807, 2.05) is 18.2 Å². The molecule has 2 N–H and O–H groups in total. The molecule has 0 radical (unpaired) electrons. The van der Waals surface area contributed by atoms with E-state index in [1.165, 1.54) is 6.26 Å². The van der Waals surface area contributed by atoms with Gasteiger partial charge in [-0.3, -0.25) is 0 Å². The molecule has 1 aromatic carbocycles. The van der Waals surface area contributed by atoms with E-state index in [0.717, 1.165) is 56.2 Å². The fourth-order valence-electron chi connectivity index (χ4n) is 4.28. The Morgan fingerprint density at radius 3 is 2.67 bits per heavy atom. The predicted molar refractivity (Wildman–Crippen MR) is 105 cm³/mol. The van der Waals surface area contributed by atoms with Crippen molar-refractivity contribution in [2.75, 3.05) is 19.4 Å². The van der Waals surface area contributed by atoms with Gasteiger partial charge in [0.2, 0.25) is 10.0 Å². The van der Waals surface area contributed by atoms with E-state index in [0.29, 0.717) is 12.5 Å². The van der Waals surface area contributed by atoms with Gasteiger partial charge in [0.05, 0.1) is 30.6 Å². The molecule has 0 bridgehead atoms. The van der Waals surface area contributed by atoms with E-state index < -0.39 is 10.0 Å². The fourth-order valence-corrected chi connectivity index (χ4v) is 5.11. The molecule has 0 aromatic heterocycles. The van der Waals surface area contributed by atoms with Crippen LogP contribution in [0.4, 0.5) is 0 Å². The van der Waals surface area contributed by atoms with Crippen LogP contribution < -0.4 is 10.0 Å². The highest BCUT2D eigenvalue weighted by Gasteiger charge is 2.29. The highest BCUT2D eigenvalue weighted by Crippen LogP contribution is 2.35. The number of nitrogens with one attached hydrogen (secondary N) is 2. The van der Waals surface area contributed by atoms with Crippen molar-refractivity contribution in [1.29, 1.82) is 5.26 Å². The van der Waals surface area contributed by atoms with Crippen LogP contribution in [0.15, 0.2) is 24.3 Å². The monoisotopic (exact) mass is 391 g/mol. The van der Waals surface area contributed by atoms with Crippen LogP contribution in [0.25, 0.3) is 0 Å². The van der Waals surface area contributed by atoms with Crippen LogP contribution in [0.1, 0.15) is 55.6 Å². The van der Waals surface area contributed by atoms with Gasteiger partial charge >= 0.3 is 0 Å². The second-order valence-corrected chi connectivity index (χ2v) is 9.49. The van der Waals surface area contributed by atoms with Gasteiger partial charge in [-0.05, 0) is 62.6 Å². The average Bonchev–Trinajstić information content (AvgIpc) is 2.66. The maximum atomic E-state index is 11.6. The number of hydrogen-bond acceptors (Lipinski definition) is 5. The van der Waals surface area contributed by atoms with Crippen LogP contribution in [0.3, 0.4) is 0 Å². The van der Waals surface area contributed by atoms with Gasteiger partial charge in [-0.25, -0.2) is 13.1 Å². The molecule has 2 fully saturated rings. The zero-order valence-electron chi connectivity index (χ0n) is 15.9. The maximum absolute atomic E-state index is 11.6. The van der Waals surface area contributed by atoms with Crippen molar-refractivity contribution in [3.05, 3.63) is 35.4 Å². The molecule has 7 heteroatoms. The van der Waals surface area contributed by atoms with E-state index in [1.54, 1.807) is 0 Å². The van der Waals surface area contributed by atoms with Crippen LogP contribution in [0.5, 0.6) is 0 Å². The minimum Gasteiger partial charge on any atom is -0.377 e. The molecule has 148 valence electrons. The summed E-state index contributed by atoms with van der Waals surface area (Å²) in [5.41, 5.74) is 1.94. The number of ether oxygens (including phenoxy) is 1. The first kappa shape index (κ1) is 20.3. The summed E-state index contributed by atoms with van der Waals surface area (Å²) in [6.07, 6.45) is 7.21. The number of sulfonamides is 1. The summed E-state index contributed by atoms with van der Waals surface area (Å²) < 4.78 is 32.0. The number of benzene rings is 1. The third-order valence-electron chi connectivity index (χ3n) is 5.66. The first-order chi connectivity index (χ1) is 13.0. The van der Waals surface area contributed by atoms with Gasteiger partial charge in [-0.1, -0.05) is 18.2 Å². The van der Waals surface area contributed by atoms with Crippen molar-refractivity contribution in [3.63, 3.8) is 0 Å². The average molecular weight is 392 g/mol. The molecular weight excluding hydrogens is 362 g/mol. The maximum Gasteiger partial charge on any atom is 0.209 e. The van der Waals surface area contributed by atoms with Crippen molar-refractivity contribution in [3.8, 4) is 6.07 Å². The lowest BCUT2D eigenvalue weighted by molar-refractivity contribution is 0.00522. The minimum atomic E-state index is -3.22. The summed E-state index contributed by atoms with van der Waals surface area (Å²) in [5.74, 6) is 0.424. The predicted octanol–water partition coefficient (Wildman–Crippen LogP) is 2.27. The first-order valence-corrected chi connectivity index (χ1v) is 11.7. The lowest BCUT2D eigenvalue weighted by Crippen LogP contribution is -2.55. The van der Waals surface area contributed by atoms with Gasteiger partial charge in [0.15, 0.2) is 0 Å². The minimum absolute atomic E-state index is 0.0190. The van der Waals surface area contributed by atoms with Crippen molar-refractivity contribution < 1.29 is 13.2 Å². The second kappa shape index (κ2) is 9.16. The Labute approximate surface area is 162 Å². The smallest absolute Gasteiger partial charge is 0.209 e. The van der Waals surface area contributed by atoms with Gasteiger partial charge in [0, 0.05) is 12.1 Å². The Morgan fingerprint density at radius 1 is 1.22 bits per heavy atom. The summed E-state index contributed by atoms with van der Waals surface area (Å²) in [6.45, 7) is 1.42. The fraction of sp³-hybridized carbons (Fsp3) is 0.650. The van der Waals surface area contributed by atoms with E-state index in [4.69, 9.17) is 4.74 Å². The molecule has 1 saturated heterocycles. The third-order valence-corrected chi connectivity index (χ3v) is 6.39. The van der Waals surface area contributed by atoms with Gasteiger partial charge in [-0.15, -0.1) is 0 Å². The molecule has 2 atom stereocenters. The number of nitrogens with zero attached hydrogens (tertiary/aromatic N) is 1. The molecule has 3 rings (SSSR count). The molecule has 0 amide bonds. The largest absolute Gasteiger partial charge is 0.377 e. The topological polar surface area (TPSA) is 91.2 Å². The summed E-state index contributed by atoms with van der Waals surface area (Å²) in [7, 11) is -3.22. The van der Waals surface area contributed by atoms with Gasteiger partial charge in [-0.2, -0.15) is 5.26 Å². The molecule has 6 nitrogen and oxygen atoms in total. The van der Waals surface area contributed by atoms with Crippen molar-refractivity contribution >= 4 is 10.0 Å². The van der Waals surface area contributed by atoms with Crippen molar-refractivity contribution in [2.45, 2.75) is 62.6 Å². The lowest BCUT2D eigenvalue weighted by Gasteiger charge is -2.35. The van der Waals surface area contributed by atoms with Crippen LogP contribution in [-0.2, 0) is 14.8 Å². The quantitative estimate of drug-likeness (QED) is 0.776. The second-order valence-electron chi connectivity index (χ2n) is 7.71. The van der Waals surface area contributed by atoms with Crippen LogP contribution in [0.2, 0.25) is 0 Å². The molecule has 0 unspecified atom stereocenters. The Hall–Kier alpha value is -1.46. The summed E-state index contributed by atoms with van der Waals surface area (Å²) in [4.78, 5) is 0. The van der Waals surface area contributed by atoms with Crippen LogP contribution >= 0.6 is 0 Å². The highest BCUT2D eigenvalue weighted by molar-refractivity contribution is 7.88. The summed E-state index contributed by atoms with van der Waals surface area (Å²) in [6, 6.07) is 10.1. The van der Waals surface area contributed by atoms with Gasteiger partial charge < -0.3 is 10.1 Å². The third kappa shape index (κ3) is 5.76. The zero-order chi connectivity index (χ0) is 19.3. The number of hydrogen-bond donors (Lipinski definition) is 2. The number of rotatable bonds is 6. The molecule has 2 aliphatic rings. The normalized spacial score (nSPS) is 29.2. The van der Waals surface area contributed by atoms with E-state index in [-0.39, 0.29) is 18.2 Å². The standard InChI is InChI=1S/C20H29N3O3S/c1-27(24,25)23-19-7-4-12-22-20(19)14-26-17-10-8-15(9-11-17)18-6-3-2-5-16(18)13-21/h2-3,5-6,15,17,19-20,22-23H,4,7-12,14H2,1H3/t15?,17?,19-,20-/m0/s1. The van der Waals surface area contributed by atoms with Crippen LogP contribution in [0, 0.1) is 11.3 Å². The molecule has 0 spiro atoms.